The summed E-state index contributed by atoms with van der Waals surface area (Å²) in [6.45, 7) is 0. The van der Waals surface area contributed by atoms with Gasteiger partial charge in [0, 0.05) is 17.8 Å². The minimum Gasteiger partial charge on any atom is -0.298 e. The number of rotatable bonds is 3. The largest absolute Gasteiger partial charge is 0.298 e. The van der Waals surface area contributed by atoms with Crippen LogP contribution in [0.2, 0.25) is 0 Å². The summed E-state index contributed by atoms with van der Waals surface area (Å²) < 4.78 is 22.2. The van der Waals surface area contributed by atoms with Crippen LogP contribution in [0.5, 0.6) is 0 Å². The second-order valence-electron chi connectivity index (χ2n) is 3.91. The predicted octanol–water partition coefficient (Wildman–Crippen LogP) is 1.43. The third-order valence-corrected chi connectivity index (χ3v) is 2.26. The molecule has 0 bridgehead atoms. The maximum absolute atomic E-state index is 10.4. The van der Waals surface area contributed by atoms with Crippen LogP contribution in [0.1, 0.15) is 0 Å². The van der Waals surface area contributed by atoms with Crippen molar-refractivity contribution in [2.45, 2.75) is 0 Å². The van der Waals surface area contributed by atoms with Gasteiger partial charge >= 0.3 is 0 Å². The third kappa shape index (κ3) is 3.10. The number of anilines is 1. The lowest BCUT2D eigenvalue weighted by Gasteiger charge is -2.23. The molecule has 0 spiro atoms. The minimum atomic E-state index is -2.00. The first-order valence-electron chi connectivity index (χ1n) is 4.19. The van der Waals surface area contributed by atoms with E-state index in [9.17, 15) is 4.21 Å². The molecule has 0 fully saturated rings. The molecule has 1 atom stereocenters. The molecule has 0 aliphatic carbocycles. The normalized spacial score (nSPS) is 13.7. The van der Waals surface area contributed by atoms with Crippen LogP contribution in [-0.2, 0) is 11.3 Å². The molecular weight excluding hydrogens is 200 g/mol. The molecule has 2 N–H and O–H groups in total. The maximum Gasteiger partial charge on any atom is 0.259 e. The summed E-state index contributed by atoms with van der Waals surface area (Å²) in [7, 11) is 6.19. The van der Waals surface area contributed by atoms with Gasteiger partial charge in [-0.2, -0.15) is 0 Å². The molecule has 0 saturated heterocycles. The molecule has 14 heavy (non-hydrogen) atoms. The Hall–Kier alpha value is -0.910. The maximum atomic E-state index is 10.4. The van der Waals surface area contributed by atoms with Gasteiger partial charge in [-0.3, -0.25) is 13.8 Å². The number of benzene rings is 1. The first-order chi connectivity index (χ1) is 6.39. The van der Waals surface area contributed by atoms with Gasteiger partial charge in [0.05, 0.1) is 21.1 Å². The topological polar surface area (TPSA) is 49.3 Å². The van der Waals surface area contributed by atoms with Gasteiger partial charge in [-0.15, -0.1) is 0 Å². The number of nitrogens with zero attached hydrogens (tertiary/aromatic N) is 1. The van der Waals surface area contributed by atoms with Crippen LogP contribution in [0, 0.1) is 0 Å². The summed E-state index contributed by atoms with van der Waals surface area (Å²) >= 11 is -2.00. The van der Waals surface area contributed by atoms with Crippen molar-refractivity contribution >= 4 is 22.6 Å². The van der Waals surface area contributed by atoms with E-state index < -0.39 is 11.3 Å². The highest BCUT2D eigenvalue weighted by Gasteiger charge is 2.10. The van der Waals surface area contributed by atoms with E-state index in [4.69, 9.17) is 4.55 Å². The third-order valence-electron chi connectivity index (χ3n) is 1.85. The number of hydrogen-bond donors (Lipinski definition) is 2. The lowest BCUT2D eigenvalue weighted by molar-refractivity contribution is 0.486. The van der Waals surface area contributed by atoms with Crippen LogP contribution in [0.3, 0.4) is 0 Å². The summed E-state index contributed by atoms with van der Waals surface area (Å²) in [5.74, 6) is 0. The SMILES string of the molecule is C[N+](C)(C)c1ccc(NS(=O)O)cc1. The standard InChI is InChI=1S/C9H14N2O2S/c1-11(2,3)9-6-4-8(5-7-9)10-14(12)13/h4-7,10H,1-3H3/p+1. The van der Waals surface area contributed by atoms with E-state index in [-0.39, 0.29) is 0 Å². The predicted molar refractivity (Wildman–Crippen MR) is 60.4 cm³/mol. The first kappa shape index (κ1) is 11.2. The van der Waals surface area contributed by atoms with Crippen molar-refractivity contribution in [3.63, 3.8) is 0 Å². The molecule has 1 rings (SSSR count). The summed E-state index contributed by atoms with van der Waals surface area (Å²) in [5.41, 5.74) is 1.78. The molecule has 78 valence electrons. The fourth-order valence-electron chi connectivity index (χ4n) is 1.08. The fraction of sp³-hybridized carbons (Fsp3) is 0.333. The Kier molecular flexibility index (Phi) is 3.25. The van der Waals surface area contributed by atoms with Gasteiger partial charge in [0.1, 0.15) is 5.69 Å². The molecule has 5 heteroatoms. The monoisotopic (exact) mass is 215 g/mol. The van der Waals surface area contributed by atoms with Gasteiger partial charge in [0.15, 0.2) is 0 Å². The first-order valence-corrected chi connectivity index (χ1v) is 5.30. The van der Waals surface area contributed by atoms with Gasteiger partial charge in [-0.05, 0) is 12.1 Å². The zero-order valence-corrected chi connectivity index (χ0v) is 9.34. The van der Waals surface area contributed by atoms with Crippen molar-refractivity contribution in [1.82, 2.24) is 4.48 Å². The second kappa shape index (κ2) is 4.08. The summed E-state index contributed by atoms with van der Waals surface area (Å²) in [4.78, 5) is 0. The minimum absolute atomic E-state index is 0.642. The molecule has 0 aromatic heterocycles. The van der Waals surface area contributed by atoms with E-state index in [0.717, 1.165) is 10.2 Å². The molecule has 0 saturated carbocycles. The molecule has 1 unspecified atom stereocenters. The molecule has 1 aromatic rings. The van der Waals surface area contributed by atoms with Crippen LogP contribution in [0.4, 0.5) is 11.4 Å². The zero-order valence-electron chi connectivity index (χ0n) is 8.52. The molecule has 1 aromatic carbocycles. The highest BCUT2D eigenvalue weighted by molar-refractivity contribution is 7.80. The van der Waals surface area contributed by atoms with Crippen LogP contribution < -0.4 is 9.21 Å². The lowest BCUT2D eigenvalue weighted by Crippen LogP contribution is -2.34. The van der Waals surface area contributed by atoms with Crippen molar-refractivity contribution in [3.05, 3.63) is 24.3 Å². The van der Waals surface area contributed by atoms with Gasteiger partial charge in [-0.25, -0.2) is 4.21 Å². The van der Waals surface area contributed by atoms with E-state index in [1.54, 1.807) is 12.1 Å². The van der Waals surface area contributed by atoms with Crippen LogP contribution in [0.15, 0.2) is 24.3 Å². The zero-order chi connectivity index (χ0) is 10.8. The molecule has 0 aliphatic rings. The Morgan fingerprint density at radius 1 is 1.21 bits per heavy atom. The van der Waals surface area contributed by atoms with Gasteiger partial charge < -0.3 is 0 Å². The summed E-state index contributed by atoms with van der Waals surface area (Å²) in [6.07, 6.45) is 0. The van der Waals surface area contributed by atoms with Crippen molar-refractivity contribution in [1.29, 1.82) is 0 Å². The van der Waals surface area contributed by atoms with Gasteiger partial charge in [-0.1, -0.05) is 0 Å². The van der Waals surface area contributed by atoms with Gasteiger partial charge in [0.25, 0.3) is 11.3 Å². The van der Waals surface area contributed by atoms with Crippen LogP contribution >= 0.6 is 0 Å². The Morgan fingerprint density at radius 2 is 1.71 bits per heavy atom. The Morgan fingerprint density at radius 3 is 2.07 bits per heavy atom. The van der Waals surface area contributed by atoms with Crippen molar-refractivity contribution in [2.75, 3.05) is 25.9 Å². The van der Waals surface area contributed by atoms with E-state index in [1.807, 2.05) is 12.1 Å². The Labute approximate surface area is 86.6 Å². The Bertz CT molecular complexity index is 330. The fourth-order valence-corrected chi connectivity index (χ4v) is 1.42. The molecule has 4 nitrogen and oxygen atoms in total. The van der Waals surface area contributed by atoms with E-state index >= 15 is 0 Å². The number of hydrogen-bond acceptors (Lipinski definition) is 1. The average Bonchev–Trinajstić information content (AvgIpc) is 2.02. The van der Waals surface area contributed by atoms with Crippen LogP contribution in [-0.4, -0.2) is 29.9 Å². The number of nitrogens with one attached hydrogen (secondary N) is 1. The molecule has 0 heterocycles. The molecule has 0 aliphatic heterocycles. The van der Waals surface area contributed by atoms with E-state index in [0.29, 0.717) is 5.69 Å². The lowest BCUT2D eigenvalue weighted by atomic mass is 10.2. The highest BCUT2D eigenvalue weighted by atomic mass is 32.2. The smallest absolute Gasteiger partial charge is 0.259 e. The average molecular weight is 215 g/mol. The van der Waals surface area contributed by atoms with E-state index in [1.165, 1.54) is 0 Å². The van der Waals surface area contributed by atoms with Crippen molar-refractivity contribution in [2.24, 2.45) is 0 Å². The summed E-state index contributed by atoms with van der Waals surface area (Å²) in [6, 6.07) is 7.42. The van der Waals surface area contributed by atoms with Gasteiger partial charge in [0.2, 0.25) is 0 Å². The quantitative estimate of drug-likeness (QED) is 0.592. The Balaban J connectivity index is 2.84. The van der Waals surface area contributed by atoms with Crippen molar-refractivity contribution in [3.8, 4) is 0 Å². The second-order valence-corrected chi connectivity index (χ2v) is 4.61. The molecular formula is C9H15N2O2S+. The number of quaternary nitrogens is 1. The van der Waals surface area contributed by atoms with E-state index in [2.05, 4.69) is 25.9 Å². The van der Waals surface area contributed by atoms with Crippen LogP contribution in [0.25, 0.3) is 0 Å². The molecule has 0 amide bonds. The summed E-state index contributed by atoms with van der Waals surface area (Å²) in [5, 5.41) is 0. The van der Waals surface area contributed by atoms with Crippen molar-refractivity contribution < 1.29 is 8.76 Å². The molecule has 0 radical (unpaired) electrons. The highest BCUT2D eigenvalue weighted by Crippen LogP contribution is 2.19.